The monoisotopic (exact) mass is 419 g/mol. The molecule has 0 N–H and O–H groups in total. The molecule has 8 heteroatoms. The first-order chi connectivity index (χ1) is 13.7. The number of rotatable bonds is 6. The van der Waals surface area contributed by atoms with E-state index in [4.69, 9.17) is 5.10 Å². The van der Waals surface area contributed by atoms with E-state index in [9.17, 15) is 4.79 Å². The molecule has 1 saturated heterocycles. The molecule has 6 nitrogen and oxygen atoms in total. The highest BCUT2D eigenvalue weighted by Gasteiger charge is 2.32. The number of nitrogens with zero attached hydrogens (tertiary/aromatic N) is 5. The van der Waals surface area contributed by atoms with E-state index in [1.807, 2.05) is 22.2 Å². The molecule has 3 heterocycles. The average Bonchev–Trinajstić information content (AvgIpc) is 3.36. The zero-order valence-electron chi connectivity index (χ0n) is 16.8. The van der Waals surface area contributed by atoms with Gasteiger partial charge in [0.25, 0.3) is 5.91 Å². The highest BCUT2D eigenvalue weighted by atomic mass is 32.2. The van der Waals surface area contributed by atoms with Crippen molar-refractivity contribution in [2.45, 2.75) is 51.7 Å². The molecule has 1 atom stereocenters. The van der Waals surface area contributed by atoms with Crippen LogP contribution in [-0.2, 0) is 25.9 Å². The molecule has 0 spiro atoms. The van der Waals surface area contributed by atoms with Crippen molar-refractivity contribution in [3.05, 3.63) is 33.5 Å². The van der Waals surface area contributed by atoms with Gasteiger partial charge in [-0.15, -0.1) is 11.3 Å². The highest BCUT2D eigenvalue weighted by molar-refractivity contribution is 7.99. The topological polar surface area (TPSA) is 54.3 Å². The van der Waals surface area contributed by atoms with Crippen molar-refractivity contribution >= 4 is 29.0 Å². The van der Waals surface area contributed by atoms with Crippen LogP contribution >= 0.6 is 23.1 Å². The number of carbonyl (C=O) groups is 1. The van der Waals surface area contributed by atoms with E-state index in [0.29, 0.717) is 11.7 Å². The summed E-state index contributed by atoms with van der Waals surface area (Å²) in [5.41, 5.74) is 6.21. The van der Waals surface area contributed by atoms with Crippen LogP contribution in [0, 0.1) is 0 Å². The summed E-state index contributed by atoms with van der Waals surface area (Å²) in [4.78, 5) is 22.1. The Bertz CT molecular complexity index is 798. The molecule has 1 aliphatic carbocycles. The van der Waals surface area contributed by atoms with Gasteiger partial charge in [0, 0.05) is 60.4 Å². The molecular weight excluding hydrogens is 390 g/mol. The summed E-state index contributed by atoms with van der Waals surface area (Å²) < 4.78 is 2.11. The van der Waals surface area contributed by atoms with Gasteiger partial charge in [0.2, 0.25) is 0 Å². The molecule has 1 aliphatic heterocycles. The van der Waals surface area contributed by atoms with Crippen LogP contribution in [-0.4, -0.2) is 68.2 Å². The molecule has 0 saturated carbocycles. The lowest BCUT2D eigenvalue weighted by molar-refractivity contribution is 0.0763. The minimum absolute atomic E-state index is 0.134. The van der Waals surface area contributed by atoms with Crippen molar-refractivity contribution in [2.24, 2.45) is 0 Å². The molecule has 152 valence electrons. The quantitative estimate of drug-likeness (QED) is 0.721. The number of thioether (sulfide) groups is 1. The van der Waals surface area contributed by atoms with E-state index in [0.717, 1.165) is 69.1 Å². The van der Waals surface area contributed by atoms with E-state index in [2.05, 4.69) is 33.9 Å². The van der Waals surface area contributed by atoms with E-state index in [1.54, 1.807) is 11.3 Å². The second-order valence-corrected chi connectivity index (χ2v) is 9.64. The number of carbonyl (C=O) groups excluding carboxylic acids is 1. The molecule has 0 radical (unpaired) electrons. The number of thiazole rings is 1. The average molecular weight is 420 g/mol. The lowest BCUT2D eigenvalue weighted by atomic mass is 9.90. The number of aryl methyl sites for hydroxylation is 1. The van der Waals surface area contributed by atoms with Crippen LogP contribution < -0.4 is 0 Å². The Hall–Kier alpha value is -1.38. The fourth-order valence-electron chi connectivity index (χ4n) is 4.23. The zero-order chi connectivity index (χ0) is 19.5. The Labute approximate surface area is 175 Å². The van der Waals surface area contributed by atoms with Crippen LogP contribution in [0.25, 0.3) is 0 Å². The summed E-state index contributed by atoms with van der Waals surface area (Å²) >= 11 is 3.57. The number of fused-ring (bicyclic) bond motifs is 1. The van der Waals surface area contributed by atoms with Crippen molar-refractivity contribution in [3.8, 4) is 0 Å². The van der Waals surface area contributed by atoms with E-state index >= 15 is 0 Å². The number of amides is 1. The maximum atomic E-state index is 13.2. The maximum Gasteiger partial charge on any atom is 0.274 e. The Morgan fingerprint density at radius 2 is 2.18 bits per heavy atom. The standard InChI is InChI=1S/C20H29N5OS2/c1-3-6-25-18-5-4-16(23(2)12-15-13-28-14-21-15)11-17(18)19(22-25)20(26)24-7-9-27-10-8-24/h13-14,16H,3-12H2,1-2H3/t16-/m0/s1. The Morgan fingerprint density at radius 3 is 2.89 bits per heavy atom. The molecule has 28 heavy (non-hydrogen) atoms. The van der Waals surface area contributed by atoms with E-state index in [1.165, 1.54) is 11.3 Å². The van der Waals surface area contributed by atoms with Crippen LogP contribution in [0.2, 0.25) is 0 Å². The summed E-state index contributed by atoms with van der Waals surface area (Å²) in [7, 11) is 2.18. The zero-order valence-corrected chi connectivity index (χ0v) is 18.4. The lowest BCUT2D eigenvalue weighted by Gasteiger charge is -2.32. The van der Waals surface area contributed by atoms with E-state index in [-0.39, 0.29) is 5.91 Å². The molecule has 2 aliphatic rings. The third-order valence-corrected chi connectivity index (χ3v) is 7.35. The van der Waals surface area contributed by atoms with Crippen molar-refractivity contribution in [3.63, 3.8) is 0 Å². The summed E-state index contributed by atoms with van der Waals surface area (Å²) in [6, 6.07) is 0.428. The molecule has 2 aromatic heterocycles. The largest absolute Gasteiger partial charge is 0.336 e. The second kappa shape index (κ2) is 8.97. The third kappa shape index (κ3) is 4.14. The second-order valence-electron chi connectivity index (χ2n) is 7.69. The predicted molar refractivity (Wildman–Crippen MR) is 115 cm³/mol. The van der Waals surface area contributed by atoms with Gasteiger partial charge >= 0.3 is 0 Å². The lowest BCUT2D eigenvalue weighted by Crippen LogP contribution is -2.40. The molecule has 0 bridgehead atoms. The first-order valence-electron chi connectivity index (χ1n) is 10.2. The first kappa shape index (κ1) is 19.9. The maximum absolute atomic E-state index is 13.2. The van der Waals surface area contributed by atoms with Gasteiger partial charge in [-0.2, -0.15) is 16.9 Å². The van der Waals surface area contributed by atoms with Crippen molar-refractivity contribution in [2.75, 3.05) is 31.6 Å². The van der Waals surface area contributed by atoms with Gasteiger partial charge in [0.1, 0.15) is 0 Å². The van der Waals surface area contributed by atoms with Crippen molar-refractivity contribution in [1.29, 1.82) is 0 Å². The smallest absolute Gasteiger partial charge is 0.274 e. The van der Waals surface area contributed by atoms with Crippen molar-refractivity contribution in [1.82, 2.24) is 24.6 Å². The molecule has 1 amide bonds. The van der Waals surface area contributed by atoms with Gasteiger partial charge in [-0.25, -0.2) is 4.98 Å². The number of hydrogen-bond acceptors (Lipinski definition) is 6. The number of likely N-dealkylation sites (N-methyl/N-ethyl adjacent to an activating group) is 1. The highest BCUT2D eigenvalue weighted by Crippen LogP contribution is 2.29. The Morgan fingerprint density at radius 1 is 1.36 bits per heavy atom. The van der Waals surface area contributed by atoms with Crippen molar-refractivity contribution < 1.29 is 4.79 Å². The Balaban J connectivity index is 1.56. The molecule has 4 rings (SSSR count). The molecule has 0 aromatic carbocycles. The summed E-state index contributed by atoms with van der Waals surface area (Å²) in [6.45, 7) is 5.60. The normalized spacial score (nSPS) is 19.8. The molecule has 0 unspecified atom stereocenters. The minimum atomic E-state index is 0.134. The number of aromatic nitrogens is 3. The third-order valence-electron chi connectivity index (χ3n) is 5.78. The van der Waals surface area contributed by atoms with E-state index < -0.39 is 0 Å². The summed E-state index contributed by atoms with van der Waals surface area (Å²) in [5, 5.41) is 6.93. The molecular formula is C20H29N5OS2. The van der Waals surface area contributed by atoms with Crippen LogP contribution in [0.15, 0.2) is 10.9 Å². The van der Waals surface area contributed by atoms with Gasteiger partial charge in [-0.1, -0.05) is 6.92 Å². The van der Waals surface area contributed by atoms with Crippen LogP contribution in [0.1, 0.15) is 47.2 Å². The summed E-state index contributed by atoms with van der Waals surface area (Å²) in [5.74, 6) is 2.19. The van der Waals surface area contributed by atoms with Gasteiger partial charge in [-0.3, -0.25) is 14.4 Å². The van der Waals surface area contributed by atoms with Gasteiger partial charge in [0.05, 0.1) is 11.2 Å². The predicted octanol–water partition coefficient (Wildman–Crippen LogP) is 2.93. The summed E-state index contributed by atoms with van der Waals surface area (Å²) in [6.07, 6.45) is 4.05. The Kier molecular flexibility index (Phi) is 6.38. The van der Waals surface area contributed by atoms with Crippen LogP contribution in [0.3, 0.4) is 0 Å². The first-order valence-corrected chi connectivity index (χ1v) is 12.3. The van der Waals surface area contributed by atoms with Gasteiger partial charge in [-0.05, 0) is 32.7 Å². The fraction of sp³-hybridized carbons (Fsp3) is 0.650. The van der Waals surface area contributed by atoms with Crippen LogP contribution in [0.4, 0.5) is 0 Å². The number of hydrogen-bond donors (Lipinski definition) is 0. The van der Waals surface area contributed by atoms with Gasteiger partial charge in [0.15, 0.2) is 5.69 Å². The van der Waals surface area contributed by atoms with Gasteiger partial charge < -0.3 is 4.90 Å². The molecule has 1 fully saturated rings. The minimum Gasteiger partial charge on any atom is -0.336 e. The SMILES string of the molecule is CCCn1nc(C(=O)N2CCSCC2)c2c1CC[C@H](N(C)Cc1cscn1)C2. The fourth-order valence-corrected chi connectivity index (χ4v) is 5.68. The van der Waals surface area contributed by atoms with Crippen LogP contribution in [0.5, 0.6) is 0 Å². The molecule has 2 aromatic rings.